The monoisotopic (exact) mass is 303 g/mol. The fourth-order valence-electron chi connectivity index (χ4n) is 2.69. The van der Waals surface area contributed by atoms with Gasteiger partial charge in [0.05, 0.1) is 24.7 Å². The molecular formula is C16H25N5O. The molecule has 0 unspecified atom stereocenters. The summed E-state index contributed by atoms with van der Waals surface area (Å²) < 4.78 is 3.76. The highest BCUT2D eigenvalue weighted by atomic mass is 16.1. The standard InChI is InChI=1S/C16H25N5O/c1-5-15-13(3)19-21(14(15)4)10-8-17-16(22)12(2)11-20-9-6-7-18-20/h6-7,9,12H,5,8,10-11H2,1-4H3,(H,17,22)/t12-/m1/s1. The Labute approximate surface area is 131 Å². The second-order valence-corrected chi connectivity index (χ2v) is 5.65. The number of hydrogen-bond donors (Lipinski definition) is 1. The molecule has 120 valence electrons. The van der Waals surface area contributed by atoms with Crippen LogP contribution in [0.5, 0.6) is 0 Å². The van der Waals surface area contributed by atoms with Gasteiger partial charge in [0, 0.05) is 24.6 Å². The molecular weight excluding hydrogens is 278 g/mol. The molecule has 0 bridgehead atoms. The second-order valence-electron chi connectivity index (χ2n) is 5.65. The van der Waals surface area contributed by atoms with E-state index < -0.39 is 0 Å². The third kappa shape index (κ3) is 3.75. The summed E-state index contributed by atoms with van der Waals surface area (Å²) in [7, 11) is 0. The third-order valence-electron chi connectivity index (χ3n) is 3.98. The first-order valence-electron chi connectivity index (χ1n) is 7.81. The van der Waals surface area contributed by atoms with Gasteiger partial charge in [-0.1, -0.05) is 13.8 Å². The Bertz CT molecular complexity index is 615. The Morgan fingerprint density at radius 1 is 1.41 bits per heavy atom. The van der Waals surface area contributed by atoms with Gasteiger partial charge in [-0.3, -0.25) is 14.2 Å². The zero-order chi connectivity index (χ0) is 16.1. The largest absolute Gasteiger partial charge is 0.354 e. The molecule has 2 aromatic rings. The number of nitrogens with one attached hydrogen (secondary N) is 1. The minimum atomic E-state index is -0.105. The van der Waals surface area contributed by atoms with E-state index in [9.17, 15) is 4.79 Å². The van der Waals surface area contributed by atoms with Crippen LogP contribution in [0.3, 0.4) is 0 Å². The smallest absolute Gasteiger partial charge is 0.224 e. The van der Waals surface area contributed by atoms with Gasteiger partial charge in [0.2, 0.25) is 5.91 Å². The van der Waals surface area contributed by atoms with E-state index in [0.717, 1.165) is 12.1 Å². The normalized spacial score (nSPS) is 12.4. The van der Waals surface area contributed by atoms with Crippen LogP contribution >= 0.6 is 0 Å². The van der Waals surface area contributed by atoms with Crippen LogP contribution in [-0.4, -0.2) is 32.0 Å². The van der Waals surface area contributed by atoms with E-state index >= 15 is 0 Å². The Morgan fingerprint density at radius 2 is 2.18 bits per heavy atom. The SMILES string of the molecule is CCc1c(C)nn(CCNC(=O)[C@H](C)Cn2cccn2)c1C. The highest BCUT2D eigenvalue weighted by Crippen LogP contribution is 2.13. The Kier molecular flexibility index (Phi) is 5.35. The number of nitrogens with zero attached hydrogens (tertiary/aromatic N) is 4. The maximum atomic E-state index is 12.1. The van der Waals surface area contributed by atoms with Crippen LogP contribution in [0.25, 0.3) is 0 Å². The maximum Gasteiger partial charge on any atom is 0.224 e. The Hall–Kier alpha value is -2.11. The molecule has 0 spiro atoms. The van der Waals surface area contributed by atoms with Gasteiger partial charge in [0.15, 0.2) is 0 Å². The van der Waals surface area contributed by atoms with Crippen molar-refractivity contribution in [2.75, 3.05) is 6.54 Å². The van der Waals surface area contributed by atoms with Crippen molar-refractivity contribution in [3.05, 3.63) is 35.4 Å². The molecule has 6 heteroatoms. The van der Waals surface area contributed by atoms with Crippen LogP contribution in [0.4, 0.5) is 0 Å². The van der Waals surface area contributed by atoms with Crippen molar-refractivity contribution in [1.82, 2.24) is 24.9 Å². The second kappa shape index (κ2) is 7.24. The van der Waals surface area contributed by atoms with Crippen molar-refractivity contribution in [3.63, 3.8) is 0 Å². The van der Waals surface area contributed by atoms with E-state index in [0.29, 0.717) is 19.6 Å². The van der Waals surface area contributed by atoms with Crippen molar-refractivity contribution in [2.45, 2.75) is 47.2 Å². The predicted molar refractivity (Wildman–Crippen MR) is 85.5 cm³/mol. The summed E-state index contributed by atoms with van der Waals surface area (Å²) in [5, 5.41) is 11.6. The van der Waals surface area contributed by atoms with Crippen molar-refractivity contribution < 1.29 is 4.79 Å². The molecule has 0 aliphatic heterocycles. The minimum absolute atomic E-state index is 0.0488. The molecule has 0 aliphatic carbocycles. The van der Waals surface area contributed by atoms with Crippen molar-refractivity contribution in [1.29, 1.82) is 0 Å². The molecule has 0 fully saturated rings. The highest BCUT2D eigenvalue weighted by Gasteiger charge is 2.14. The van der Waals surface area contributed by atoms with Gasteiger partial charge < -0.3 is 5.32 Å². The van der Waals surface area contributed by atoms with Crippen LogP contribution in [0, 0.1) is 19.8 Å². The molecule has 0 radical (unpaired) electrons. The van der Waals surface area contributed by atoms with E-state index in [-0.39, 0.29) is 11.8 Å². The molecule has 22 heavy (non-hydrogen) atoms. The molecule has 6 nitrogen and oxygen atoms in total. The molecule has 1 atom stereocenters. The number of hydrogen-bond acceptors (Lipinski definition) is 3. The van der Waals surface area contributed by atoms with Crippen LogP contribution in [0.15, 0.2) is 18.5 Å². The lowest BCUT2D eigenvalue weighted by Gasteiger charge is -2.13. The lowest BCUT2D eigenvalue weighted by Crippen LogP contribution is -2.34. The average molecular weight is 303 g/mol. The van der Waals surface area contributed by atoms with Gasteiger partial charge in [0.25, 0.3) is 0 Å². The number of rotatable bonds is 7. The summed E-state index contributed by atoms with van der Waals surface area (Å²) in [6.07, 6.45) is 4.58. The van der Waals surface area contributed by atoms with E-state index in [1.165, 1.54) is 11.3 Å². The first-order chi connectivity index (χ1) is 10.5. The zero-order valence-corrected chi connectivity index (χ0v) is 13.8. The lowest BCUT2D eigenvalue weighted by atomic mass is 10.1. The van der Waals surface area contributed by atoms with Crippen molar-refractivity contribution in [3.8, 4) is 0 Å². The first kappa shape index (κ1) is 16.3. The van der Waals surface area contributed by atoms with Crippen molar-refractivity contribution in [2.24, 2.45) is 5.92 Å². The maximum absolute atomic E-state index is 12.1. The lowest BCUT2D eigenvalue weighted by molar-refractivity contribution is -0.125. The quantitative estimate of drug-likeness (QED) is 0.847. The number of carbonyl (C=O) groups is 1. The fraction of sp³-hybridized carbons (Fsp3) is 0.562. The predicted octanol–water partition coefficient (Wildman–Crippen LogP) is 1.71. The zero-order valence-electron chi connectivity index (χ0n) is 13.8. The van der Waals surface area contributed by atoms with Crippen LogP contribution in [0.1, 0.15) is 30.8 Å². The summed E-state index contributed by atoms with van der Waals surface area (Å²) in [6, 6.07) is 1.86. The van der Waals surface area contributed by atoms with Gasteiger partial charge >= 0.3 is 0 Å². The summed E-state index contributed by atoms with van der Waals surface area (Å²) in [6.45, 7) is 10.1. The summed E-state index contributed by atoms with van der Waals surface area (Å²) in [4.78, 5) is 12.1. The summed E-state index contributed by atoms with van der Waals surface area (Å²) in [5.41, 5.74) is 3.58. The van der Waals surface area contributed by atoms with Gasteiger partial charge in [0.1, 0.15) is 0 Å². The third-order valence-corrected chi connectivity index (χ3v) is 3.98. The van der Waals surface area contributed by atoms with Gasteiger partial charge in [-0.25, -0.2) is 0 Å². The minimum Gasteiger partial charge on any atom is -0.354 e. The van der Waals surface area contributed by atoms with Crippen molar-refractivity contribution >= 4 is 5.91 Å². The van der Waals surface area contributed by atoms with E-state index in [1.807, 2.05) is 30.8 Å². The van der Waals surface area contributed by atoms with Crippen LogP contribution in [-0.2, 0) is 24.3 Å². The highest BCUT2D eigenvalue weighted by molar-refractivity contribution is 5.78. The van der Waals surface area contributed by atoms with Gasteiger partial charge in [-0.15, -0.1) is 0 Å². The molecule has 0 saturated heterocycles. The van der Waals surface area contributed by atoms with Crippen LogP contribution in [0.2, 0.25) is 0 Å². The molecule has 2 heterocycles. The van der Waals surface area contributed by atoms with E-state index in [1.54, 1.807) is 10.9 Å². The summed E-state index contributed by atoms with van der Waals surface area (Å²) >= 11 is 0. The number of amides is 1. The summed E-state index contributed by atoms with van der Waals surface area (Å²) in [5.74, 6) is -0.0562. The van der Waals surface area contributed by atoms with E-state index in [2.05, 4.69) is 29.4 Å². The number of aryl methyl sites for hydroxylation is 1. The van der Waals surface area contributed by atoms with E-state index in [4.69, 9.17) is 0 Å². The number of aromatic nitrogens is 4. The van der Waals surface area contributed by atoms with Gasteiger partial charge in [-0.05, 0) is 31.9 Å². The fourth-order valence-corrected chi connectivity index (χ4v) is 2.69. The molecule has 0 aliphatic rings. The average Bonchev–Trinajstić information content (AvgIpc) is 3.07. The molecule has 2 aromatic heterocycles. The molecule has 0 saturated carbocycles. The number of carbonyl (C=O) groups excluding carboxylic acids is 1. The molecule has 0 aromatic carbocycles. The Morgan fingerprint density at radius 3 is 2.77 bits per heavy atom. The molecule has 2 rings (SSSR count). The first-order valence-corrected chi connectivity index (χ1v) is 7.81. The molecule has 1 N–H and O–H groups in total. The van der Waals surface area contributed by atoms with Gasteiger partial charge in [-0.2, -0.15) is 10.2 Å². The van der Waals surface area contributed by atoms with Crippen LogP contribution < -0.4 is 5.32 Å². The molecule has 1 amide bonds. The Balaban J connectivity index is 1.82. The topological polar surface area (TPSA) is 64.7 Å².